The molecule has 0 heterocycles. The molecule has 1 aromatic carbocycles. The monoisotopic (exact) mass is 396 g/mol. The van der Waals surface area contributed by atoms with Crippen LogP contribution in [0.2, 0.25) is 0 Å². The van der Waals surface area contributed by atoms with Gasteiger partial charge in [0.15, 0.2) is 0 Å². The molecule has 0 fully saturated rings. The lowest BCUT2D eigenvalue weighted by atomic mass is 10.0. The SMILES string of the molecule is COC(=O)[C@H](CCS)NC(=O)[C@H](Cc1ccccc1)NC(=O)OC(C)(C)C. The Hall–Kier alpha value is -2.22. The van der Waals surface area contributed by atoms with E-state index in [1.54, 1.807) is 20.8 Å². The summed E-state index contributed by atoms with van der Waals surface area (Å²) in [5.41, 5.74) is 0.163. The number of ether oxygens (including phenoxy) is 2. The van der Waals surface area contributed by atoms with Crippen molar-refractivity contribution in [2.24, 2.45) is 0 Å². The summed E-state index contributed by atoms with van der Waals surface area (Å²) in [6.07, 6.45) is -0.144. The quantitative estimate of drug-likeness (QED) is 0.462. The zero-order chi connectivity index (χ0) is 20.4. The second kappa shape index (κ2) is 10.8. The highest BCUT2D eigenvalue weighted by molar-refractivity contribution is 7.80. The smallest absolute Gasteiger partial charge is 0.408 e. The fraction of sp³-hybridized carbons (Fsp3) is 0.526. The highest BCUT2D eigenvalue weighted by Gasteiger charge is 2.28. The lowest BCUT2D eigenvalue weighted by Crippen LogP contribution is -2.53. The Kier molecular flexibility index (Phi) is 9.14. The number of benzene rings is 1. The van der Waals surface area contributed by atoms with Crippen LogP contribution >= 0.6 is 12.6 Å². The summed E-state index contributed by atoms with van der Waals surface area (Å²) in [7, 11) is 1.25. The third-order valence-electron chi connectivity index (χ3n) is 3.51. The topological polar surface area (TPSA) is 93.7 Å². The van der Waals surface area contributed by atoms with Crippen LogP contribution in [0.4, 0.5) is 4.79 Å². The number of rotatable bonds is 8. The van der Waals surface area contributed by atoms with Gasteiger partial charge in [-0.1, -0.05) is 30.3 Å². The van der Waals surface area contributed by atoms with E-state index in [0.717, 1.165) is 5.56 Å². The molecule has 0 saturated heterocycles. The minimum Gasteiger partial charge on any atom is -0.467 e. The van der Waals surface area contributed by atoms with Crippen molar-refractivity contribution in [1.82, 2.24) is 10.6 Å². The summed E-state index contributed by atoms with van der Waals surface area (Å²) < 4.78 is 9.95. The first-order valence-electron chi connectivity index (χ1n) is 8.68. The molecule has 2 atom stereocenters. The van der Waals surface area contributed by atoms with Gasteiger partial charge in [-0.2, -0.15) is 12.6 Å². The Morgan fingerprint density at radius 2 is 1.70 bits per heavy atom. The Morgan fingerprint density at radius 3 is 2.22 bits per heavy atom. The maximum absolute atomic E-state index is 12.7. The van der Waals surface area contributed by atoms with E-state index in [4.69, 9.17) is 9.47 Å². The zero-order valence-corrected chi connectivity index (χ0v) is 17.0. The van der Waals surface area contributed by atoms with Crippen LogP contribution < -0.4 is 10.6 Å². The minimum atomic E-state index is -0.908. The van der Waals surface area contributed by atoms with Crippen LogP contribution in [0.1, 0.15) is 32.8 Å². The molecule has 0 saturated carbocycles. The van der Waals surface area contributed by atoms with Gasteiger partial charge in [-0.3, -0.25) is 4.79 Å². The van der Waals surface area contributed by atoms with Gasteiger partial charge in [0, 0.05) is 6.42 Å². The second-order valence-corrected chi connectivity index (χ2v) is 7.43. The molecule has 27 heavy (non-hydrogen) atoms. The molecule has 1 aromatic rings. The molecule has 150 valence electrons. The van der Waals surface area contributed by atoms with Crippen molar-refractivity contribution in [3.8, 4) is 0 Å². The van der Waals surface area contributed by atoms with E-state index in [1.807, 2.05) is 30.3 Å². The van der Waals surface area contributed by atoms with E-state index >= 15 is 0 Å². The fourth-order valence-electron chi connectivity index (χ4n) is 2.30. The van der Waals surface area contributed by atoms with E-state index in [-0.39, 0.29) is 6.42 Å². The average Bonchev–Trinajstić information content (AvgIpc) is 2.59. The Bertz CT molecular complexity index is 631. The summed E-state index contributed by atoms with van der Waals surface area (Å²) in [6, 6.07) is 7.50. The number of carbonyl (C=O) groups is 3. The van der Waals surface area contributed by atoms with Crippen molar-refractivity contribution in [3.63, 3.8) is 0 Å². The molecule has 0 aliphatic heterocycles. The van der Waals surface area contributed by atoms with Gasteiger partial charge in [-0.05, 0) is 38.5 Å². The summed E-state index contributed by atoms with van der Waals surface area (Å²) in [5, 5.41) is 5.21. The first-order chi connectivity index (χ1) is 12.7. The van der Waals surface area contributed by atoms with Gasteiger partial charge in [0.1, 0.15) is 17.7 Å². The number of hydrogen-bond acceptors (Lipinski definition) is 6. The second-order valence-electron chi connectivity index (χ2n) is 6.99. The van der Waals surface area contributed by atoms with Gasteiger partial charge in [0.2, 0.25) is 5.91 Å². The van der Waals surface area contributed by atoms with Gasteiger partial charge < -0.3 is 20.1 Å². The minimum absolute atomic E-state index is 0.251. The van der Waals surface area contributed by atoms with Crippen LogP contribution in [0.3, 0.4) is 0 Å². The Morgan fingerprint density at radius 1 is 1.07 bits per heavy atom. The molecular formula is C19H28N2O5S. The molecule has 0 unspecified atom stereocenters. The summed E-state index contributed by atoms with van der Waals surface area (Å²) in [5.74, 6) is -0.668. The van der Waals surface area contributed by atoms with Crippen molar-refractivity contribution in [2.75, 3.05) is 12.9 Å². The molecule has 0 radical (unpaired) electrons. The number of thiol groups is 1. The number of carbonyl (C=O) groups excluding carboxylic acids is 3. The molecule has 0 bridgehead atoms. The predicted octanol–water partition coefficient (Wildman–Crippen LogP) is 2.10. The van der Waals surface area contributed by atoms with Crippen molar-refractivity contribution in [2.45, 2.75) is 51.3 Å². The van der Waals surface area contributed by atoms with Gasteiger partial charge in [-0.15, -0.1) is 0 Å². The molecule has 7 nitrogen and oxygen atoms in total. The normalized spacial score (nSPS) is 13.2. The molecule has 0 aromatic heterocycles. The van der Waals surface area contributed by atoms with Crippen molar-refractivity contribution >= 4 is 30.6 Å². The van der Waals surface area contributed by atoms with Crippen LogP contribution in [-0.4, -0.2) is 48.5 Å². The number of methoxy groups -OCH3 is 1. The molecule has 0 spiro atoms. The van der Waals surface area contributed by atoms with Crippen molar-refractivity contribution in [1.29, 1.82) is 0 Å². The average molecular weight is 397 g/mol. The third-order valence-corrected chi connectivity index (χ3v) is 3.77. The number of esters is 1. The lowest BCUT2D eigenvalue weighted by Gasteiger charge is -2.24. The largest absolute Gasteiger partial charge is 0.467 e. The number of nitrogens with one attached hydrogen (secondary N) is 2. The first kappa shape index (κ1) is 22.8. The maximum atomic E-state index is 12.7. The standard InChI is InChI=1S/C19H28N2O5S/c1-19(2,3)26-18(24)21-15(12-13-8-6-5-7-9-13)16(22)20-14(10-11-27)17(23)25-4/h5-9,14-15,27H,10-12H2,1-4H3,(H,20,22)(H,21,24)/t14-,15-/m0/s1. The summed E-state index contributed by atoms with van der Waals surface area (Å²) >= 11 is 4.10. The molecule has 8 heteroatoms. The maximum Gasteiger partial charge on any atom is 0.408 e. The molecule has 1 rings (SSSR count). The van der Waals surface area contributed by atoms with E-state index in [9.17, 15) is 14.4 Å². The lowest BCUT2D eigenvalue weighted by molar-refractivity contribution is -0.145. The van der Waals surface area contributed by atoms with E-state index in [1.165, 1.54) is 7.11 Å². The van der Waals surface area contributed by atoms with Gasteiger partial charge >= 0.3 is 12.1 Å². The van der Waals surface area contributed by atoms with Crippen LogP contribution in [0.25, 0.3) is 0 Å². The van der Waals surface area contributed by atoms with Crippen LogP contribution in [0.5, 0.6) is 0 Å². The van der Waals surface area contributed by atoms with E-state index < -0.39 is 35.7 Å². The van der Waals surface area contributed by atoms with Crippen LogP contribution in [0, 0.1) is 0 Å². The summed E-state index contributed by atoms with van der Waals surface area (Å²) in [4.78, 5) is 36.7. The number of alkyl carbamates (subject to hydrolysis) is 1. The Balaban J connectivity index is 2.92. The molecular weight excluding hydrogens is 368 g/mol. The molecule has 0 aliphatic rings. The molecule has 2 amide bonds. The van der Waals surface area contributed by atoms with Gasteiger partial charge in [0.05, 0.1) is 7.11 Å². The molecule has 0 aliphatic carbocycles. The summed E-state index contributed by atoms with van der Waals surface area (Å²) in [6.45, 7) is 5.20. The predicted molar refractivity (Wildman–Crippen MR) is 106 cm³/mol. The third kappa shape index (κ3) is 8.81. The Labute approximate surface area is 165 Å². The van der Waals surface area contributed by atoms with Crippen LogP contribution in [0.15, 0.2) is 30.3 Å². The van der Waals surface area contributed by atoms with E-state index in [0.29, 0.717) is 12.2 Å². The van der Waals surface area contributed by atoms with E-state index in [2.05, 4.69) is 23.3 Å². The van der Waals surface area contributed by atoms with Crippen LogP contribution in [-0.2, 0) is 25.5 Å². The fourth-order valence-corrected chi connectivity index (χ4v) is 2.56. The van der Waals surface area contributed by atoms with Crippen molar-refractivity contribution in [3.05, 3.63) is 35.9 Å². The highest BCUT2D eigenvalue weighted by Crippen LogP contribution is 2.09. The van der Waals surface area contributed by atoms with Gasteiger partial charge in [0.25, 0.3) is 0 Å². The highest BCUT2D eigenvalue weighted by atomic mass is 32.1. The zero-order valence-electron chi connectivity index (χ0n) is 16.2. The van der Waals surface area contributed by atoms with Gasteiger partial charge in [-0.25, -0.2) is 9.59 Å². The first-order valence-corrected chi connectivity index (χ1v) is 9.32. The number of hydrogen-bond donors (Lipinski definition) is 3. The van der Waals surface area contributed by atoms with Crippen molar-refractivity contribution < 1.29 is 23.9 Å². The molecule has 2 N–H and O–H groups in total. The number of amides is 2.